The summed E-state index contributed by atoms with van der Waals surface area (Å²) in [5.74, 6) is 0.695. The van der Waals surface area contributed by atoms with Gasteiger partial charge >= 0.3 is 5.97 Å². The summed E-state index contributed by atoms with van der Waals surface area (Å²) in [5, 5.41) is 12.9. The van der Waals surface area contributed by atoms with Crippen molar-refractivity contribution >= 4 is 24.7 Å². The fourth-order valence-electron chi connectivity index (χ4n) is 9.57. The average Bonchev–Trinajstić information content (AvgIpc) is 3.28. The molecule has 3 saturated carbocycles. The molecule has 0 aromatic heterocycles. The van der Waals surface area contributed by atoms with Gasteiger partial charge in [0.15, 0.2) is 0 Å². The number of rotatable bonds is 8. The smallest absolute Gasteiger partial charge is 0.302 e. The molecule has 0 aliphatic heterocycles. The van der Waals surface area contributed by atoms with Gasteiger partial charge < -0.3 is 14.3 Å². The average molecular weight is 603 g/mol. The summed E-state index contributed by atoms with van der Waals surface area (Å²) < 4.78 is 13.9. The number of hydrogen-bond acceptors (Lipinski definition) is 4. The van der Waals surface area contributed by atoms with E-state index in [2.05, 4.69) is 102 Å². The van der Waals surface area contributed by atoms with Crippen molar-refractivity contribution in [2.75, 3.05) is 6.61 Å². The molecule has 3 aliphatic carbocycles. The second kappa shape index (κ2) is 12.3. The van der Waals surface area contributed by atoms with E-state index in [1.165, 1.54) is 15.9 Å². The highest BCUT2D eigenvalue weighted by Gasteiger charge is 2.59. The summed E-state index contributed by atoms with van der Waals surface area (Å²) in [5.41, 5.74) is 1.33. The standard InChI is InChI=1S/C38H54O4Si/c1-27-18-19-33-35(41-28(2)40)34(21-24-37(27,33)6)38(7)23-20-30(26-29(38)22-25-39)42-43(36(3,4)5,31-14-10-8-11-15-31)32-16-12-9-13-17-32/h8-17,29-30,33-35,39H,1,18-26H2,2-7H3/t29-,30-,33?,34?,35?,37?,38-/m0/s1. The molecule has 0 spiro atoms. The molecule has 0 amide bonds. The quantitative estimate of drug-likeness (QED) is 0.194. The minimum absolute atomic E-state index is 0.0423. The van der Waals surface area contributed by atoms with Gasteiger partial charge in [0.2, 0.25) is 0 Å². The zero-order valence-corrected chi connectivity index (χ0v) is 28.4. The molecule has 1 N–H and O–H groups in total. The van der Waals surface area contributed by atoms with Gasteiger partial charge in [-0.3, -0.25) is 4.79 Å². The molecule has 0 heterocycles. The lowest BCUT2D eigenvalue weighted by molar-refractivity contribution is -0.173. The van der Waals surface area contributed by atoms with Gasteiger partial charge in [-0.05, 0) is 83.5 Å². The zero-order chi connectivity index (χ0) is 31.0. The Balaban J connectivity index is 1.49. The zero-order valence-electron chi connectivity index (χ0n) is 27.4. The van der Waals surface area contributed by atoms with Gasteiger partial charge in [0.05, 0.1) is 0 Å². The molecule has 3 fully saturated rings. The van der Waals surface area contributed by atoms with E-state index < -0.39 is 8.32 Å². The van der Waals surface area contributed by atoms with Crippen LogP contribution in [0.4, 0.5) is 0 Å². The van der Waals surface area contributed by atoms with Crippen molar-refractivity contribution in [3.8, 4) is 0 Å². The number of hydrogen-bond donors (Lipinski definition) is 1. The number of carbonyl (C=O) groups excluding carboxylic acids is 1. The highest BCUT2D eigenvalue weighted by Crippen LogP contribution is 2.62. The van der Waals surface area contributed by atoms with Crippen LogP contribution in [0.1, 0.15) is 92.9 Å². The first-order valence-electron chi connectivity index (χ1n) is 16.6. The summed E-state index contributed by atoms with van der Waals surface area (Å²) in [7, 11) is -2.69. The number of aliphatic hydroxyl groups excluding tert-OH is 1. The fraction of sp³-hybridized carbons (Fsp3) is 0.605. The van der Waals surface area contributed by atoms with Crippen LogP contribution in [0.2, 0.25) is 5.04 Å². The van der Waals surface area contributed by atoms with Crippen LogP contribution in [0, 0.1) is 28.6 Å². The minimum Gasteiger partial charge on any atom is -0.462 e. The molecule has 5 heteroatoms. The van der Waals surface area contributed by atoms with Crippen LogP contribution in [0.15, 0.2) is 72.8 Å². The van der Waals surface area contributed by atoms with E-state index in [1.807, 2.05) is 0 Å². The predicted octanol–water partition coefficient (Wildman–Crippen LogP) is 7.43. The Hall–Kier alpha value is -2.21. The lowest BCUT2D eigenvalue weighted by Crippen LogP contribution is -2.68. The maximum atomic E-state index is 12.5. The summed E-state index contributed by atoms with van der Waals surface area (Å²) in [6, 6.07) is 21.8. The second-order valence-electron chi connectivity index (χ2n) is 15.3. The van der Waals surface area contributed by atoms with Crippen molar-refractivity contribution in [3.05, 3.63) is 72.8 Å². The number of carbonyl (C=O) groups is 1. The van der Waals surface area contributed by atoms with Crippen LogP contribution in [0.3, 0.4) is 0 Å². The van der Waals surface area contributed by atoms with E-state index in [1.54, 1.807) is 6.92 Å². The van der Waals surface area contributed by atoms with E-state index in [9.17, 15) is 9.90 Å². The number of aliphatic hydroxyl groups is 1. The van der Waals surface area contributed by atoms with E-state index in [0.29, 0.717) is 5.92 Å². The summed E-state index contributed by atoms with van der Waals surface area (Å²) >= 11 is 0. The highest BCUT2D eigenvalue weighted by molar-refractivity contribution is 6.99. The van der Waals surface area contributed by atoms with E-state index in [4.69, 9.17) is 9.16 Å². The molecule has 4 nitrogen and oxygen atoms in total. The molecule has 234 valence electrons. The summed E-state index contributed by atoms with van der Waals surface area (Å²) in [4.78, 5) is 12.5. The first kappa shape index (κ1) is 32.2. The molecule has 4 unspecified atom stereocenters. The van der Waals surface area contributed by atoms with Gasteiger partial charge in [-0.2, -0.15) is 0 Å². The molecule has 43 heavy (non-hydrogen) atoms. The first-order valence-corrected chi connectivity index (χ1v) is 18.5. The van der Waals surface area contributed by atoms with Gasteiger partial charge in [-0.1, -0.05) is 107 Å². The Morgan fingerprint density at radius 2 is 1.56 bits per heavy atom. The van der Waals surface area contributed by atoms with Crippen molar-refractivity contribution in [2.45, 2.75) is 110 Å². The van der Waals surface area contributed by atoms with Crippen molar-refractivity contribution in [1.29, 1.82) is 0 Å². The Morgan fingerprint density at radius 1 is 0.953 bits per heavy atom. The Kier molecular flexibility index (Phi) is 9.20. The first-order chi connectivity index (χ1) is 20.4. The van der Waals surface area contributed by atoms with Crippen LogP contribution in [-0.2, 0) is 14.0 Å². The maximum absolute atomic E-state index is 12.5. The molecule has 0 radical (unpaired) electrons. The van der Waals surface area contributed by atoms with Gasteiger partial charge in [-0.25, -0.2) is 0 Å². The summed E-state index contributed by atoms with van der Waals surface area (Å²) in [6.07, 6.45) is 7.84. The second-order valence-corrected chi connectivity index (χ2v) is 19.5. The third-order valence-electron chi connectivity index (χ3n) is 12.0. The van der Waals surface area contributed by atoms with Gasteiger partial charge in [0.25, 0.3) is 8.32 Å². The van der Waals surface area contributed by atoms with Crippen molar-refractivity contribution in [3.63, 3.8) is 0 Å². The molecule has 0 saturated heterocycles. The normalized spacial score (nSPS) is 33.2. The van der Waals surface area contributed by atoms with E-state index in [0.717, 1.165) is 51.4 Å². The van der Waals surface area contributed by atoms with Crippen LogP contribution >= 0.6 is 0 Å². The maximum Gasteiger partial charge on any atom is 0.302 e. The predicted molar refractivity (Wildman–Crippen MR) is 178 cm³/mol. The molecule has 0 bridgehead atoms. The monoisotopic (exact) mass is 602 g/mol. The Morgan fingerprint density at radius 3 is 2.09 bits per heavy atom. The number of ether oxygens (including phenoxy) is 1. The molecule has 7 atom stereocenters. The van der Waals surface area contributed by atoms with E-state index in [-0.39, 0.29) is 52.5 Å². The third kappa shape index (κ3) is 5.71. The highest BCUT2D eigenvalue weighted by atomic mass is 28.4. The molecule has 2 aromatic carbocycles. The third-order valence-corrected chi connectivity index (χ3v) is 17.1. The number of fused-ring (bicyclic) bond motifs is 1. The van der Waals surface area contributed by atoms with Gasteiger partial charge in [0, 0.05) is 31.5 Å². The van der Waals surface area contributed by atoms with Crippen molar-refractivity contribution in [1.82, 2.24) is 0 Å². The molecule has 2 aromatic rings. The number of benzene rings is 2. The van der Waals surface area contributed by atoms with Crippen LogP contribution in [-0.4, -0.2) is 38.2 Å². The van der Waals surface area contributed by atoms with Gasteiger partial charge in [-0.15, -0.1) is 0 Å². The molecule has 3 aliphatic rings. The van der Waals surface area contributed by atoms with Crippen LogP contribution < -0.4 is 10.4 Å². The largest absolute Gasteiger partial charge is 0.462 e. The Labute approximate surface area is 261 Å². The fourth-order valence-corrected chi connectivity index (χ4v) is 14.3. The van der Waals surface area contributed by atoms with E-state index >= 15 is 0 Å². The molecule has 5 rings (SSSR count). The number of allylic oxidation sites excluding steroid dienone is 1. The molecular weight excluding hydrogens is 549 g/mol. The van der Waals surface area contributed by atoms with Crippen molar-refractivity contribution < 1.29 is 19.1 Å². The number of esters is 1. The molecular formula is C38H54O4Si. The lowest BCUT2D eigenvalue weighted by Gasteiger charge is -2.57. The van der Waals surface area contributed by atoms with Gasteiger partial charge in [0.1, 0.15) is 6.10 Å². The SMILES string of the molecule is C=C1CCC2C(OC(C)=O)C([C@@]3(C)CC[C@H](O[Si](c4ccccc4)(c4ccccc4)C(C)(C)C)C[C@@H]3CCO)CCC12C. The Bertz CT molecular complexity index is 1230. The topological polar surface area (TPSA) is 55.8 Å². The van der Waals surface area contributed by atoms with Crippen LogP contribution in [0.5, 0.6) is 0 Å². The minimum atomic E-state index is -2.69. The summed E-state index contributed by atoms with van der Waals surface area (Å²) in [6.45, 7) is 18.0. The lowest BCUT2D eigenvalue weighted by atomic mass is 9.51. The van der Waals surface area contributed by atoms with Crippen molar-refractivity contribution in [2.24, 2.45) is 28.6 Å². The van der Waals surface area contributed by atoms with Crippen LogP contribution in [0.25, 0.3) is 0 Å².